The summed E-state index contributed by atoms with van der Waals surface area (Å²) in [6.07, 6.45) is 4.19. The summed E-state index contributed by atoms with van der Waals surface area (Å²) in [6.45, 7) is 0.479. The molecule has 0 spiro atoms. The highest BCUT2D eigenvalue weighted by atomic mass is 16.3. The van der Waals surface area contributed by atoms with Gasteiger partial charge in [0, 0.05) is 0 Å². The maximum Gasteiger partial charge on any atom is 0.162 e. The summed E-state index contributed by atoms with van der Waals surface area (Å²) in [5.74, 6) is 0. The van der Waals surface area contributed by atoms with Gasteiger partial charge in [0.05, 0.1) is 12.1 Å². The molecule has 1 aromatic rings. The molecule has 0 unspecified atom stereocenters. The standard InChI is InChI=1S/C6H10N4O/c11-6(2-1-3-6)4-10-8-5-7-9-10/h5,11H,1-4H2. The first-order valence-electron chi connectivity index (χ1n) is 3.72. The minimum atomic E-state index is -0.555. The van der Waals surface area contributed by atoms with E-state index in [-0.39, 0.29) is 0 Å². The zero-order valence-corrected chi connectivity index (χ0v) is 6.14. The van der Waals surface area contributed by atoms with E-state index >= 15 is 0 Å². The minimum Gasteiger partial charge on any atom is -0.388 e. The summed E-state index contributed by atoms with van der Waals surface area (Å²) < 4.78 is 0. The van der Waals surface area contributed by atoms with E-state index in [0.717, 1.165) is 19.3 Å². The highest BCUT2D eigenvalue weighted by Crippen LogP contribution is 2.32. The van der Waals surface area contributed by atoms with Crippen LogP contribution in [0.15, 0.2) is 6.33 Å². The third kappa shape index (κ3) is 1.23. The summed E-state index contributed by atoms with van der Waals surface area (Å²) in [6, 6.07) is 0. The van der Waals surface area contributed by atoms with Gasteiger partial charge < -0.3 is 5.11 Å². The summed E-state index contributed by atoms with van der Waals surface area (Å²) >= 11 is 0. The van der Waals surface area contributed by atoms with Gasteiger partial charge in [-0.1, -0.05) is 0 Å². The summed E-state index contributed by atoms with van der Waals surface area (Å²) in [5.41, 5.74) is -0.555. The number of aromatic nitrogens is 4. The average Bonchev–Trinajstić information content (AvgIpc) is 2.36. The highest BCUT2D eigenvalue weighted by molar-refractivity contribution is 4.86. The molecule has 0 atom stereocenters. The van der Waals surface area contributed by atoms with E-state index in [1.165, 1.54) is 11.1 Å². The van der Waals surface area contributed by atoms with Gasteiger partial charge in [-0.2, -0.15) is 4.80 Å². The molecule has 5 nitrogen and oxygen atoms in total. The van der Waals surface area contributed by atoms with Crippen LogP contribution in [0.5, 0.6) is 0 Å². The van der Waals surface area contributed by atoms with E-state index < -0.39 is 5.60 Å². The van der Waals surface area contributed by atoms with Gasteiger partial charge >= 0.3 is 0 Å². The van der Waals surface area contributed by atoms with Gasteiger partial charge in [0.25, 0.3) is 0 Å². The smallest absolute Gasteiger partial charge is 0.162 e. The Morgan fingerprint density at radius 1 is 1.55 bits per heavy atom. The van der Waals surface area contributed by atoms with E-state index in [0.29, 0.717) is 6.54 Å². The molecule has 1 N–H and O–H groups in total. The predicted octanol–water partition coefficient (Wildman–Crippen LogP) is -0.412. The molecule has 1 aliphatic rings. The van der Waals surface area contributed by atoms with Crippen molar-refractivity contribution in [2.45, 2.75) is 31.4 Å². The zero-order chi connectivity index (χ0) is 7.73. The molecule has 1 saturated carbocycles. The lowest BCUT2D eigenvalue weighted by molar-refractivity contribution is -0.0531. The molecule has 2 rings (SSSR count). The SMILES string of the molecule is OC1(Cn2ncnn2)CCC1. The molecule has 1 aliphatic carbocycles. The lowest BCUT2D eigenvalue weighted by Crippen LogP contribution is -2.41. The van der Waals surface area contributed by atoms with E-state index in [2.05, 4.69) is 15.4 Å². The first-order valence-corrected chi connectivity index (χ1v) is 3.72. The molecule has 0 aromatic carbocycles. The Kier molecular flexibility index (Phi) is 1.38. The lowest BCUT2D eigenvalue weighted by Gasteiger charge is -2.35. The maximum absolute atomic E-state index is 9.65. The molecule has 0 amide bonds. The fourth-order valence-corrected chi connectivity index (χ4v) is 1.27. The maximum atomic E-state index is 9.65. The third-order valence-corrected chi connectivity index (χ3v) is 2.11. The number of hydrogen-bond acceptors (Lipinski definition) is 4. The summed E-state index contributed by atoms with van der Waals surface area (Å²) in [5, 5.41) is 20.7. The fraction of sp³-hybridized carbons (Fsp3) is 0.833. The molecular weight excluding hydrogens is 144 g/mol. The zero-order valence-electron chi connectivity index (χ0n) is 6.14. The molecule has 0 saturated heterocycles. The Morgan fingerprint density at radius 2 is 2.36 bits per heavy atom. The molecular formula is C6H10N4O. The number of tetrazole rings is 1. The van der Waals surface area contributed by atoms with Gasteiger partial charge in [-0.3, -0.25) is 0 Å². The Bertz CT molecular complexity index is 229. The lowest BCUT2D eigenvalue weighted by atomic mass is 9.80. The molecule has 1 heterocycles. The molecule has 0 radical (unpaired) electrons. The largest absolute Gasteiger partial charge is 0.388 e. The van der Waals surface area contributed by atoms with Gasteiger partial charge in [0.2, 0.25) is 0 Å². The number of aliphatic hydroxyl groups is 1. The van der Waals surface area contributed by atoms with E-state index in [1.54, 1.807) is 0 Å². The second-order valence-electron chi connectivity index (χ2n) is 3.04. The topological polar surface area (TPSA) is 63.8 Å². The van der Waals surface area contributed by atoms with Crippen molar-refractivity contribution in [3.8, 4) is 0 Å². The van der Waals surface area contributed by atoms with Crippen LogP contribution in [0.1, 0.15) is 19.3 Å². The van der Waals surface area contributed by atoms with Crippen LogP contribution in [0.3, 0.4) is 0 Å². The van der Waals surface area contributed by atoms with Crippen LogP contribution in [0, 0.1) is 0 Å². The van der Waals surface area contributed by atoms with Crippen LogP contribution in [-0.4, -0.2) is 30.9 Å². The van der Waals surface area contributed by atoms with E-state index in [4.69, 9.17) is 0 Å². The van der Waals surface area contributed by atoms with Gasteiger partial charge in [0.1, 0.15) is 0 Å². The van der Waals surface area contributed by atoms with E-state index in [1.807, 2.05) is 0 Å². The van der Waals surface area contributed by atoms with Crippen LogP contribution < -0.4 is 0 Å². The Hall–Kier alpha value is -0.970. The quantitative estimate of drug-likeness (QED) is 0.628. The van der Waals surface area contributed by atoms with Crippen LogP contribution in [-0.2, 0) is 6.54 Å². The predicted molar refractivity (Wildman–Crippen MR) is 36.6 cm³/mol. The second-order valence-corrected chi connectivity index (χ2v) is 3.04. The first-order chi connectivity index (χ1) is 5.29. The van der Waals surface area contributed by atoms with Crippen LogP contribution in [0.25, 0.3) is 0 Å². The molecule has 1 fully saturated rings. The van der Waals surface area contributed by atoms with E-state index in [9.17, 15) is 5.11 Å². The molecule has 1 aromatic heterocycles. The molecule has 5 heteroatoms. The average molecular weight is 154 g/mol. The van der Waals surface area contributed by atoms with Crippen molar-refractivity contribution in [2.24, 2.45) is 0 Å². The monoisotopic (exact) mass is 154 g/mol. The Morgan fingerprint density at radius 3 is 2.82 bits per heavy atom. The normalized spacial score (nSPS) is 21.2. The van der Waals surface area contributed by atoms with Crippen molar-refractivity contribution >= 4 is 0 Å². The van der Waals surface area contributed by atoms with Crippen molar-refractivity contribution in [3.05, 3.63) is 6.33 Å². The third-order valence-electron chi connectivity index (χ3n) is 2.11. The van der Waals surface area contributed by atoms with Crippen molar-refractivity contribution in [1.82, 2.24) is 20.2 Å². The van der Waals surface area contributed by atoms with Gasteiger partial charge in [-0.05, 0) is 24.5 Å². The Labute approximate surface area is 64.0 Å². The Balaban J connectivity index is 2.00. The fourth-order valence-electron chi connectivity index (χ4n) is 1.27. The van der Waals surface area contributed by atoms with Crippen molar-refractivity contribution in [2.75, 3.05) is 0 Å². The highest BCUT2D eigenvalue weighted by Gasteiger charge is 2.35. The van der Waals surface area contributed by atoms with Gasteiger partial charge in [0.15, 0.2) is 6.33 Å². The van der Waals surface area contributed by atoms with Crippen molar-refractivity contribution in [1.29, 1.82) is 0 Å². The van der Waals surface area contributed by atoms with Crippen LogP contribution >= 0.6 is 0 Å². The van der Waals surface area contributed by atoms with Gasteiger partial charge in [-0.15, -0.1) is 10.2 Å². The number of nitrogens with zero attached hydrogens (tertiary/aromatic N) is 4. The molecule has 0 bridgehead atoms. The van der Waals surface area contributed by atoms with Crippen LogP contribution in [0.4, 0.5) is 0 Å². The number of rotatable bonds is 2. The summed E-state index contributed by atoms with van der Waals surface area (Å²) in [7, 11) is 0. The van der Waals surface area contributed by atoms with Crippen molar-refractivity contribution < 1.29 is 5.11 Å². The van der Waals surface area contributed by atoms with Gasteiger partial charge in [-0.25, -0.2) is 0 Å². The second kappa shape index (κ2) is 2.27. The minimum absolute atomic E-state index is 0.479. The summed E-state index contributed by atoms with van der Waals surface area (Å²) in [4.78, 5) is 1.43. The van der Waals surface area contributed by atoms with Crippen molar-refractivity contribution in [3.63, 3.8) is 0 Å². The molecule has 0 aliphatic heterocycles. The first kappa shape index (κ1) is 6.72. The van der Waals surface area contributed by atoms with Crippen LogP contribution in [0.2, 0.25) is 0 Å². The molecule has 60 valence electrons. The number of hydrogen-bond donors (Lipinski definition) is 1. The molecule has 11 heavy (non-hydrogen) atoms.